The Morgan fingerprint density at radius 1 is 1.33 bits per heavy atom. The Morgan fingerprint density at radius 2 is 2.20 bits per heavy atom. The van der Waals surface area contributed by atoms with Crippen LogP contribution in [-0.2, 0) is 13.0 Å². The lowest BCUT2D eigenvalue weighted by molar-refractivity contribution is 0.730. The van der Waals surface area contributed by atoms with Gasteiger partial charge in [0.05, 0.1) is 6.54 Å². The van der Waals surface area contributed by atoms with Crippen LogP contribution >= 0.6 is 11.6 Å². The quantitative estimate of drug-likeness (QED) is 0.746. The van der Waals surface area contributed by atoms with E-state index in [1.165, 1.54) is 0 Å². The van der Waals surface area contributed by atoms with Crippen molar-refractivity contribution in [1.29, 1.82) is 0 Å². The van der Waals surface area contributed by atoms with Crippen molar-refractivity contribution in [2.45, 2.75) is 19.9 Å². The van der Waals surface area contributed by atoms with E-state index in [-0.39, 0.29) is 0 Å². The van der Waals surface area contributed by atoms with E-state index in [1.807, 2.05) is 18.5 Å². The number of rotatable bonds is 3. The minimum absolute atomic E-state index is 0.528. The van der Waals surface area contributed by atoms with E-state index in [1.54, 1.807) is 12.3 Å². The molecule has 0 N–H and O–H groups in total. The molecule has 2 aromatic rings. The summed E-state index contributed by atoms with van der Waals surface area (Å²) in [5.41, 5.74) is 1.13. The zero-order valence-electron chi connectivity index (χ0n) is 8.52. The molecule has 0 aliphatic carbocycles. The van der Waals surface area contributed by atoms with Crippen LogP contribution in [0.25, 0.3) is 0 Å². The summed E-state index contributed by atoms with van der Waals surface area (Å²) in [7, 11) is 0. The van der Waals surface area contributed by atoms with Gasteiger partial charge in [-0.25, -0.2) is 9.97 Å². The van der Waals surface area contributed by atoms with Crippen LogP contribution in [0.15, 0.2) is 30.7 Å². The SMILES string of the molecule is CCc1nccn1Cc1ccc(Cl)nc1. The minimum atomic E-state index is 0.528. The molecule has 0 saturated carbocycles. The highest BCUT2D eigenvalue weighted by molar-refractivity contribution is 6.29. The van der Waals surface area contributed by atoms with Crippen molar-refractivity contribution in [1.82, 2.24) is 14.5 Å². The summed E-state index contributed by atoms with van der Waals surface area (Å²) in [6.07, 6.45) is 6.53. The Kier molecular flexibility index (Phi) is 3.02. The summed E-state index contributed by atoms with van der Waals surface area (Å²) in [6.45, 7) is 2.90. The van der Waals surface area contributed by atoms with Crippen LogP contribution in [0.2, 0.25) is 5.15 Å². The van der Waals surface area contributed by atoms with Crippen molar-refractivity contribution in [3.05, 3.63) is 47.3 Å². The fourth-order valence-electron chi connectivity index (χ4n) is 1.50. The van der Waals surface area contributed by atoms with Gasteiger partial charge in [-0.15, -0.1) is 0 Å². The van der Waals surface area contributed by atoms with E-state index >= 15 is 0 Å². The highest BCUT2D eigenvalue weighted by Gasteiger charge is 2.01. The molecule has 0 saturated heterocycles. The molecule has 78 valence electrons. The van der Waals surface area contributed by atoms with Crippen molar-refractivity contribution in [3.8, 4) is 0 Å². The second-order valence-electron chi connectivity index (χ2n) is 3.31. The molecule has 0 unspecified atom stereocenters. The molecular weight excluding hydrogens is 210 g/mol. The number of aryl methyl sites for hydroxylation is 1. The first-order valence-corrected chi connectivity index (χ1v) is 5.28. The first-order chi connectivity index (χ1) is 7.29. The van der Waals surface area contributed by atoms with Gasteiger partial charge in [-0.05, 0) is 11.6 Å². The molecule has 0 aliphatic heterocycles. The average Bonchev–Trinajstić information content (AvgIpc) is 2.69. The van der Waals surface area contributed by atoms with Gasteiger partial charge in [-0.2, -0.15) is 0 Å². The topological polar surface area (TPSA) is 30.7 Å². The number of hydrogen-bond acceptors (Lipinski definition) is 2. The highest BCUT2D eigenvalue weighted by atomic mass is 35.5. The van der Waals surface area contributed by atoms with Crippen LogP contribution in [0, 0.1) is 0 Å². The van der Waals surface area contributed by atoms with Crippen molar-refractivity contribution >= 4 is 11.6 Å². The van der Waals surface area contributed by atoms with Crippen LogP contribution in [-0.4, -0.2) is 14.5 Å². The van der Waals surface area contributed by atoms with E-state index in [9.17, 15) is 0 Å². The summed E-state index contributed by atoms with van der Waals surface area (Å²) in [5, 5.41) is 0.528. The number of hydrogen-bond donors (Lipinski definition) is 0. The Balaban J connectivity index is 2.18. The molecule has 2 aromatic heterocycles. The number of pyridine rings is 1. The number of nitrogens with zero attached hydrogens (tertiary/aromatic N) is 3. The molecule has 0 radical (unpaired) electrons. The molecule has 0 aliphatic rings. The third-order valence-corrected chi connectivity index (χ3v) is 2.48. The van der Waals surface area contributed by atoms with Crippen LogP contribution in [0.4, 0.5) is 0 Å². The number of halogens is 1. The largest absolute Gasteiger partial charge is 0.330 e. The fourth-order valence-corrected chi connectivity index (χ4v) is 1.61. The van der Waals surface area contributed by atoms with E-state index in [0.717, 1.165) is 24.4 Å². The number of imidazole rings is 1. The standard InChI is InChI=1S/C11H12ClN3/c1-2-11-13-5-6-15(11)8-9-3-4-10(12)14-7-9/h3-7H,2,8H2,1H3. The maximum absolute atomic E-state index is 5.72. The van der Waals surface area contributed by atoms with Crippen LogP contribution < -0.4 is 0 Å². The van der Waals surface area contributed by atoms with Gasteiger partial charge in [0.2, 0.25) is 0 Å². The van der Waals surface area contributed by atoms with E-state index in [0.29, 0.717) is 5.15 Å². The second-order valence-corrected chi connectivity index (χ2v) is 3.70. The molecule has 0 amide bonds. The lowest BCUT2D eigenvalue weighted by Crippen LogP contribution is -2.03. The monoisotopic (exact) mass is 221 g/mol. The highest BCUT2D eigenvalue weighted by Crippen LogP contribution is 2.08. The van der Waals surface area contributed by atoms with Crippen LogP contribution in [0.5, 0.6) is 0 Å². The molecule has 0 atom stereocenters. The summed E-state index contributed by atoms with van der Waals surface area (Å²) >= 11 is 5.72. The van der Waals surface area contributed by atoms with Gasteiger partial charge in [0.1, 0.15) is 11.0 Å². The van der Waals surface area contributed by atoms with Crippen LogP contribution in [0.3, 0.4) is 0 Å². The van der Waals surface area contributed by atoms with Gasteiger partial charge >= 0.3 is 0 Å². The Hall–Kier alpha value is -1.35. The summed E-state index contributed by atoms with van der Waals surface area (Å²) in [4.78, 5) is 8.31. The van der Waals surface area contributed by atoms with Gasteiger partial charge in [0, 0.05) is 25.0 Å². The van der Waals surface area contributed by atoms with Crippen molar-refractivity contribution in [2.24, 2.45) is 0 Å². The molecule has 0 fully saturated rings. The minimum Gasteiger partial charge on any atom is -0.330 e. The molecule has 3 nitrogen and oxygen atoms in total. The zero-order valence-corrected chi connectivity index (χ0v) is 9.28. The van der Waals surface area contributed by atoms with Crippen molar-refractivity contribution in [3.63, 3.8) is 0 Å². The molecule has 2 heterocycles. The maximum Gasteiger partial charge on any atom is 0.129 e. The predicted octanol–water partition coefficient (Wildman–Crippen LogP) is 2.54. The second kappa shape index (κ2) is 4.45. The average molecular weight is 222 g/mol. The van der Waals surface area contributed by atoms with E-state index in [4.69, 9.17) is 11.6 Å². The van der Waals surface area contributed by atoms with Crippen molar-refractivity contribution in [2.75, 3.05) is 0 Å². The normalized spacial score (nSPS) is 10.5. The first kappa shape index (κ1) is 10.2. The molecule has 15 heavy (non-hydrogen) atoms. The predicted molar refractivity (Wildman–Crippen MR) is 60.0 cm³/mol. The Morgan fingerprint density at radius 3 is 2.87 bits per heavy atom. The Bertz CT molecular complexity index is 433. The summed E-state index contributed by atoms with van der Waals surface area (Å²) in [6, 6.07) is 3.79. The third kappa shape index (κ3) is 2.36. The van der Waals surface area contributed by atoms with E-state index in [2.05, 4.69) is 21.5 Å². The number of aromatic nitrogens is 3. The molecular formula is C11H12ClN3. The van der Waals surface area contributed by atoms with Crippen LogP contribution in [0.1, 0.15) is 18.3 Å². The third-order valence-electron chi connectivity index (χ3n) is 2.26. The molecule has 0 bridgehead atoms. The van der Waals surface area contributed by atoms with Gasteiger partial charge in [-0.1, -0.05) is 24.6 Å². The summed E-state index contributed by atoms with van der Waals surface area (Å²) < 4.78 is 2.12. The van der Waals surface area contributed by atoms with Gasteiger partial charge in [0.25, 0.3) is 0 Å². The van der Waals surface area contributed by atoms with Gasteiger partial charge in [-0.3, -0.25) is 0 Å². The fraction of sp³-hybridized carbons (Fsp3) is 0.273. The maximum atomic E-state index is 5.72. The summed E-state index contributed by atoms with van der Waals surface area (Å²) in [5.74, 6) is 1.09. The lowest BCUT2D eigenvalue weighted by Gasteiger charge is -2.05. The zero-order chi connectivity index (χ0) is 10.7. The Labute approximate surface area is 93.7 Å². The van der Waals surface area contributed by atoms with E-state index < -0.39 is 0 Å². The molecule has 0 aromatic carbocycles. The molecule has 2 rings (SSSR count). The van der Waals surface area contributed by atoms with Gasteiger partial charge < -0.3 is 4.57 Å². The molecule has 4 heteroatoms. The smallest absolute Gasteiger partial charge is 0.129 e. The molecule has 0 spiro atoms. The first-order valence-electron chi connectivity index (χ1n) is 4.90. The van der Waals surface area contributed by atoms with Crippen molar-refractivity contribution < 1.29 is 0 Å². The van der Waals surface area contributed by atoms with Gasteiger partial charge in [0.15, 0.2) is 0 Å². The lowest BCUT2D eigenvalue weighted by atomic mass is 10.3.